The Bertz CT molecular complexity index is 144. The van der Waals surface area contributed by atoms with Crippen molar-refractivity contribution in [3.8, 4) is 11.8 Å². The number of rotatable bonds is 6. The molecule has 0 saturated carbocycles. The fraction of sp³-hybridized carbons (Fsp3) is 0.800. The van der Waals surface area contributed by atoms with Crippen LogP contribution in [0.15, 0.2) is 0 Å². The third-order valence-corrected chi connectivity index (χ3v) is 1.99. The highest BCUT2D eigenvalue weighted by atomic mass is 13.8. The summed E-state index contributed by atoms with van der Waals surface area (Å²) in [4.78, 5) is 0. The van der Waals surface area contributed by atoms with Crippen LogP contribution < -0.4 is 0 Å². The van der Waals surface area contributed by atoms with Gasteiger partial charge in [-0.2, -0.15) is 0 Å². The van der Waals surface area contributed by atoms with E-state index in [-0.39, 0.29) is 0 Å². The molecule has 0 fully saturated rings. The monoisotopic (exact) mass is 160 g/mol. The molecule has 2 radical (unpaired) electrons. The summed E-state index contributed by atoms with van der Waals surface area (Å²) in [5, 5.41) is 0. The van der Waals surface area contributed by atoms with E-state index in [2.05, 4.69) is 40.1 Å². The van der Waals surface area contributed by atoms with Gasteiger partial charge in [-0.05, 0) is 13.3 Å². The smallest absolute Gasteiger partial charge is 0.107 e. The quantitative estimate of drug-likeness (QED) is 0.318. The van der Waals surface area contributed by atoms with Crippen LogP contribution in [0.3, 0.4) is 0 Å². The molecule has 0 spiro atoms. The molecule has 0 aromatic rings. The van der Waals surface area contributed by atoms with Gasteiger partial charge < -0.3 is 0 Å². The Balaban J connectivity index is 3.03. The molecule has 0 bridgehead atoms. The highest BCUT2D eigenvalue weighted by Crippen LogP contribution is 2.09. The zero-order valence-corrected chi connectivity index (χ0v) is 8.56. The largest absolute Gasteiger partial charge is 0.108 e. The van der Waals surface area contributed by atoms with Gasteiger partial charge in [-0.1, -0.05) is 32.2 Å². The van der Waals surface area contributed by atoms with Crippen molar-refractivity contribution in [2.45, 2.75) is 52.0 Å². The summed E-state index contributed by atoms with van der Waals surface area (Å²) in [5.74, 6) is 6.72. The van der Waals surface area contributed by atoms with Crippen LogP contribution in [0.1, 0.15) is 26.7 Å². The summed E-state index contributed by atoms with van der Waals surface area (Å²) < 4.78 is 0. The zero-order valence-electron chi connectivity index (χ0n) is 8.56. The van der Waals surface area contributed by atoms with E-state index >= 15 is 0 Å². The van der Waals surface area contributed by atoms with E-state index in [0.29, 0.717) is 0 Å². The van der Waals surface area contributed by atoms with Crippen LogP contribution >= 0.6 is 0 Å². The molecule has 1 unspecified atom stereocenters. The molecule has 1 atom stereocenters. The summed E-state index contributed by atoms with van der Waals surface area (Å²) in [6.45, 7) is 6.28. The van der Waals surface area contributed by atoms with Crippen LogP contribution in [0.5, 0.6) is 0 Å². The molecule has 0 aromatic carbocycles. The minimum atomic E-state index is 0.738. The highest BCUT2D eigenvalue weighted by Gasteiger charge is 1.99. The van der Waals surface area contributed by atoms with Gasteiger partial charge in [0.25, 0.3) is 0 Å². The van der Waals surface area contributed by atoms with Crippen LogP contribution in [0.2, 0.25) is 25.3 Å². The maximum atomic E-state index is 3.07. The van der Waals surface area contributed by atoms with Crippen molar-refractivity contribution in [3.63, 3.8) is 0 Å². The molecule has 0 saturated heterocycles. The maximum Gasteiger partial charge on any atom is 0.108 e. The van der Waals surface area contributed by atoms with Gasteiger partial charge in [0.2, 0.25) is 0 Å². The van der Waals surface area contributed by atoms with Gasteiger partial charge in [-0.15, -0.1) is 11.8 Å². The predicted molar refractivity (Wildman–Crippen MR) is 59.1 cm³/mol. The molecule has 0 aliphatic carbocycles. The molecule has 0 nitrogen and oxygen atoms in total. The molecule has 12 heavy (non-hydrogen) atoms. The maximum absolute atomic E-state index is 3.07. The van der Waals surface area contributed by atoms with Crippen molar-refractivity contribution in [2.75, 3.05) is 0 Å². The fourth-order valence-corrected chi connectivity index (χ4v) is 0.977. The molecule has 2 heteroatoms. The normalized spacial score (nSPS) is 11.2. The van der Waals surface area contributed by atoms with Gasteiger partial charge in [0.05, 0.1) is 0 Å². The third-order valence-electron chi connectivity index (χ3n) is 1.99. The van der Waals surface area contributed by atoms with Crippen molar-refractivity contribution in [3.05, 3.63) is 0 Å². The summed E-state index contributed by atoms with van der Waals surface area (Å²) in [6, 6.07) is 0. The summed E-state index contributed by atoms with van der Waals surface area (Å²) in [7, 11) is 4.63. The topological polar surface area (TPSA) is 0 Å². The summed E-state index contributed by atoms with van der Waals surface area (Å²) in [5.41, 5.74) is 0. The number of hydrogen-bond donors (Lipinski definition) is 0. The molecule has 0 aliphatic heterocycles. The van der Waals surface area contributed by atoms with Gasteiger partial charge in [0.1, 0.15) is 14.6 Å². The van der Waals surface area contributed by atoms with E-state index < -0.39 is 0 Å². The van der Waals surface area contributed by atoms with Crippen molar-refractivity contribution in [1.29, 1.82) is 0 Å². The molecule has 0 rings (SSSR count). The Hall–Kier alpha value is -0.310. The number of hydrogen-bond acceptors (Lipinski definition) is 0. The van der Waals surface area contributed by atoms with E-state index in [1.54, 1.807) is 0 Å². The van der Waals surface area contributed by atoms with E-state index in [9.17, 15) is 0 Å². The first-order valence-electron chi connectivity index (χ1n) is 4.82. The minimum absolute atomic E-state index is 0.738. The lowest BCUT2D eigenvalue weighted by Gasteiger charge is -2.04. The minimum Gasteiger partial charge on any atom is -0.107 e. The first kappa shape index (κ1) is 11.7. The molecule has 0 heterocycles. The van der Waals surface area contributed by atoms with E-state index in [1.807, 2.05) is 6.92 Å². The predicted octanol–water partition coefficient (Wildman–Crippen LogP) is 2.89. The van der Waals surface area contributed by atoms with Crippen LogP contribution in [-0.4, -0.2) is 14.6 Å². The molecule has 0 aliphatic rings. The molecular formula is C10H18B2. The first-order chi connectivity index (χ1) is 5.81. The van der Waals surface area contributed by atoms with Crippen LogP contribution in [0, 0.1) is 11.8 Å². The van der Waals surface area contributed by atoms with Gasteiger partial charge in [-0.3, -0.25) is 0 Å². The van der Waals surface area contributed by atoms with Gasteiger partial charge in [-0.25, -0.2) is 0 Å². The second kappa shape index (κ2) is 8.78. The summed E-state index contributed by atoms with van der Waals surface area (Å²) >= 11 is 0. The van der Waals surface area contributed by atoms with Crippen molar-refractivity contribution in [1.82, 2.24) is 0 Å². The van der Waals surface area contributed by atoms with Crippen molar-refractivity contribution in [2.24, 2.45) is 0 Å². The van der Waals surface area contributed by atoms with Crippen molar-refractivity contribution >= 4 is 14.6 Å². The lowest BCUT2D eigenvalue weighted by atomic mass is 9.55. The number of unbranched alkanes of at least 4 members (excludes halogenated alkanes) is 1. The first-order valence-corrected chi connectivity index (χ1v) is 4.82. The Morgan fingerprint density at radius 2 is 2.17 bits per heavy atom. The molecule has 0 amide bonds. The zero-order chi connectivity index (χ0) is 9.23. The van der Waals surface area contributed by atoms with E-state index in [4.69, 9.17) is 0 Å². The Labute approximate surface area is 79.0 Å². The Morgan fingerprint density at radius 3 is 2.75 bits per heavy atom. The lowest BCUT2D eigenvalue weighted by molar-refractivity contribution is 0.955. The molecular weight excluding hydrogens is 142 g/mol. The van der Waals surface area contributed by atoms with Gasteiger partial charge in [0.15, 0.2) is 0 Å². The molecule has 64 valence electrons. The van der Waals surface area contributed by atoms with Crippen LogP contribution in [0.4, 0.5) is 0 Å². The van der Waals surface area contributed by atoms with Gasteiger partial charge >= 0.3 is 0 Å². The third kappa shape index (κ3) is 7.79. The second-order valence-electron chi connectivity index (χ2n) is 3.15. The van der Waals surface area contributed by atoms with E-state index in [0.717, 1.165) is 12.2 Å². The SMILES string of the molecule is C[B]C(C)C[B]CCCC#CC. The molecule has 0 N–H and O–H groups in total. The Morgan fingerprint density at radius 1 is 1.42 bits per heavy atom. The average Bonchev–Trinajstić information content (AvgIpc) is 2.10. The standard InChI is InChI=1S/C10H18B2/c1-4-5-6-7-8-12-9-10(2)11-3/h10H,6-9H2,1-3H3. The highest BCUT2D eigenvalue weighted by molar-refractivity contribution is 6.42. The van der Waals surface area contributed by atoms with Crippen molar-refractivity contribution < 1.29 is 0 Å². The lowest BCUT2D eigenvalue weighted by Crippen LogP contribution is -1.99. The van der Waals surface area contributed by atoms with Gasteiger partial charge in [0, 0.05) is 6.42 Å². The fourth-order valence-electron chi connectivity index (χ4n) is 0.977. The summed E-state index contributed by atoms with van der Waals surface area (Å²) in [6.07, 6.45) is 4.71. The van der Waals surface area contributed by atoms with Crippen LogP contribution in [0.25, 0.3) is 0 Å². The van der Waals surface area contributed by atoms with E-state index in [1.165, 1.54) is 19.1 Å². The average molecular weight is 160 g/mol. The Kier molecular flexibility index (Phi) is 8.56. The second-order valence-corrected chi connectivity index (χ2v) is 3.15. The van der Waals surface area contributed by atoms with Crippen LogP contribution in [-0.2, 0) is 0 Å². The molecule has 0 aromatic heterocycles.